The Bertz CT molecular complexity index is 4780. The highest BCUT2D eigenvalue weighted by atomic mass is 32.7. The molecule has 6 fully saturated rings. The number of methoxy groups -OCH3 is 3. The number of fused-ring (bicyclic) bond motifs is 3. The number of carbonyl (C=O) groups excluding carboxylic acids is 3. The van der Waals surface area contributed by atoms with E-state index in [4.69, 9.17) is 73.4 Å². The molecule has 48 heteroatoms. The van der Waals surface area contributed by atoms with Crippen molar-refractivity contribution in [3.8, 4) is 17.6 Å². The zero-order chi connectivity index (χ0) is 86.0. The van der Waals surface area contributed by atoms with Gasteiger partial charge in [0.25, 0.3) is 0 Å². The van der Waals surface area contributed by atoms with E-state index in [0.717, 1.165) is 50.8 Å². The molecular formula is C72H93N18O24P3S3. The van der Waals surface area contributed by atoms with Gasteiger partial charge in [-0.25, -0.2) is 30.2 Å². The first-order chi connectivity index (χ1) is 57.1. The van der Waals surface area contributed by atoms with Crippen molar-refractivity contribution in [3.63, 3.8) is 0 Å². The number of nitrogens with one attached hydrogen (secondary N) is 3. The molecule has 42 nitrogen and oxygen atoms in total. The van der Waals surface area contributed by atoms with Crippen molar-refractivity contribution in [1.82, 2.24) is 73.8 Å². The summed E-state index contributed by atoms with van der Waals surface area (Å²) in [6.07, 6.45) is -7.06. The van der Waals surface area contributed by atoms with Gasteiger partial charge in [-0.15, -0.1) is 0 Å². The highest BCUT2D eigenvalue weighted by Crippen LogP contribution is 2.62. The fourth-order valence-electron chi connectivity index (χ4n) is 13.9. The molecule has 0 saturated carbocycles. The lowest BCUT2D eigenvalue weighted by atomic mass is 9.96. The van der Waals surface area contributed by atoms with Gasteiger partial charge in [0.05, 0.1) is 60.1 Å². The van der Waals surface area contributed by atoms with Crippen molar-refractivity contribution in [1.29, 1.82) is 0 Å². The lowest BCUT2D eigenvalue weighted by molar-refractivity contribution is -0.151. The van der Waals surface area contributed by atoms with Crippen molar-refractivity contribution >= 4 is 124 Å². The van der Waals surface area contributed by atoms with Crippen LogP contribution in [-0.2, 0) is 70.1 Å². The summed E-state index contributed by atoms with van der Waals surface area (Å²) in [5.74, 6) is -0.237. The van der Waals surface area contributed by atoms with Gasteiger partial charge in [0, 0.05) is 17.3 Å². The van der Waals surface area contributed by atoms with Crippen LogP contribution < -0.4 is 46.7 Å². The quantitative estimate of drug-likeness (QED) is 0.0192. The average molecular weight is 1780 g/mol. The number of nitrogens with two attached hydrogens (primary N) is 3. The molecule has 0 aliphatic carbocycles. The minimum Gasteiger partial charge on any atom is -0.479 e. The van der Waals surface area contributed by atoms with Crippen LogP contribution in [0.3, 0.4) is 0 Å². The molecule has 120 heavy (non-hydrogen) atoms. The number of hydrogen-bond donors (Lipinski definition) is 12. The third-order valence-corrected chi connectivity index (χ3v) is 32.8. The molecular weight excluding hydrogens is 1690 g/mol. The molecule has 648 valence electrons. The molecule has 0 spiro atoms. The Balaban J connectivity index is 0.000000156. The summed E-state index contributed by atoms with van der Waals surface area (Å²) in [6.45, 7) is -2.24. The van der Waals surface area contributed by atoms with E-state index in [-0.39, 0.29) is 88.8 Å². The van der Waals surface area contributed by atoms with Gasteiger partial charge in [0.2, 0.25) is 35.5 Å². The van der Waals surface area contributed by atoms with E-state index in [9.17, 15) is 58.7 Å². The molecule has 0 amide bonds. The molecule has 6 saturated heterocycles. The number of aromatic nitrogens is 12. The zero-order valence-corrected chi connectivity index (χ0v) is 71.2. The molecule has 0 bridgehead atoms. The van der Waals surface area contributed by atoms with Gasteiger partial charge < -0.3 is 104 Å². The van der Waals surface area contributed by atoms with Gasteiger partial charge in [-0.2, -0.15) is 29.9 Å². The van der Waals surface area contributed by atoms with Crippen LogP contribution in [0.25, 0.3) is 33.5 Å². The normalized spacial score (nSPS) is 31.2. The van der Waals surface area contributed by atoms with E-state index in [0.29, 0.717) is 36.5 Å². The van der Waals surface area contributed by atoms with Crippen molar-refractivity contribution in [2.75, 3.05) is 75.6 Å². The van der Waals surface area contributed by atoms with Crippen LogP contribution in [-0.4, -0.2) is 237 Å². The topological polar surface area (TPSA) is 580 Å². The van der Waals surface area contributed by atoms with Gasteiger partial charge in [-0.3, -0.25) is 41.8 Å². The maximum absolute atomic E-state index is 13.5. The Morgan fingerprint density at radius 1 is 0.458 bits per heavy atom. The molecule has 15 N–H and O–H groups in total. The van der Waals surface area contributed by atoms with E-state index in [1.807, 2.05) is 91.0 Å². The van der Waals surface area contributed by atoms with Crippen LogP contribution in [0, 0.1) is 0 Å². The number of ether oxygens (including phenoxy) is 9. The third-order valence-electron chi connectivity index (χ3n) is 20.5. The SMILES string of the molecule is COc1nc(N)nc2c1ncn2[C@@H]1OC(COP2(=O)NC(C(=O)O[C@@H](C)c3ccccc3)CCS2)[C@@H](O)[C@@]1(C)O.COc1nc(N)nc2c1ncn2[C@@H]1OC(CO[P@@]2(=O)NC(C(=O)O[C@@H](C)c3ccccc3)CCS2)[C@@H](O)[C@@]1(C)O.COc1nc(N)nc2c1ncn2[C@@H]1OC(CO[P@]2(=O)NC(C(=O)O[C@H](C)c3ccccc3)CCS2)[C@@H](O)[C@@]1(C)O. The largest absolute Gasteiger partial charge is 0.479 e. The summed E-state index contributed by atoms with van der Waals surface area (Å²) < 4.78 is 112. The van der Waals surface area contributed by atoms with Crippen LogP contribution >= 0.6 is 54.3 Å². The number of imidazole rings is 3. The molecule has 0 radical (unpaired) electrons. The number of nitrogen functional groups attached to an aromatic ring is 3. The highest BCUT2D eigenvalue weighted by molar-refractivity contribution is 8.56. The lowest BCUT2D eigenvalue weighted by Crippen LogP contribution is -2.44. The van der Waals surface area contributed by atoms with Gasteiger partial charge in [-0.1, -0.05) is 125 Å². The van der Waals surface area contributed by atoms with E-state index in [1.54, 1.807) is 20.8 Å². The van der Waals surface area contributed by atoms with Crippen LogP contribution in [0.2, 0.25) is 0 Å². The van der Waals surface area contributed by atoms with Crippen LogP contribution in [0.1, 0.15) is 114 Å². The number of nitrogens with zero attached hydrogens (tertiary/aromatic N) is 12. The second-order valence-electron chi connectivity index (χ2n) is 29.1. The van der Waals surface area contributed by atoms with Crippen LogP contribution in [0.4, 0.5) is 17.8 Å². The number of benzene rings is 3. The maximum atomic E-state index is 13.5. The molecule has 6 aliphatic heterocycles. The van der Waals surface area contributed by atoms with E-state index in [2.05, 4.69) is 60.1 Å². The first kappa shape index (κ1) is 89.4. The summed E-state index contributed by atoms with van der Waals surface area (Å²) in [7, 11) is 4.23. The summed E-state index contributed by atoms with van der Waals surface area (Å²) in [4.78, 5) is 75.7. The maximum Gasteiger partial charge on any atom is 0.327 e. The van der Waals surface area contributed by atoms with Crippen molar-refractivity contribution < 1.29 is 115 Å². The third kappa shape index (κ3) is 19.4. The number of aliphatic hydroxyl groups is 6. The summed E-state index contributed by atoms with van der Waals surface area (Å²) >= 11 is 3.14. The standard InChI is InChI=1S/3C24H31N6O8PS/c3*1-13(14-7-5-4-6-8-14)37-21(32)15-9-10-40-39(34,29-15)36-11-16-18(31)24(2,33)22(38-16)30-12-26-17-19(30)27-23(25)28-20(17)35-3/h3*4-8,12-13,15-16,18,22,31,33H,9-11H2,1-3H3,(H,29,34)(H2,25,27,28)/t13-,15?,16?,18+,22+,24+,39?;13-,15?,16?,18+,22+,24+,39-;13-,15?,16?,18-,22-,24-,39-/m001/s1. The Labute approximate surface area is 697 Å². The highest BCUT2D eigenvalue weighted by Gasteiger charge is 2.58. The minimum absolute atomic E-state index is 0.0751. The van der Waals surface area contributed by atoms with E-state index in [1.165, 1.54) is 74.8 Å². The Kier molecular flexibility index (Phi) is 27.6. The fraction of sp³-hybridized carbons (Fsp3) is 0.500. The molecule has 12 heterocycles. The molecule has 3 aromatic carbocycles. The number of aliphatic hydroxyl groups excluding tert-OH is 3. The molecule has 6 aliphatic rings. The summed E-state index contributed by atoms with van der Waals surface area (Å²) in [5, 5.41) is 74.6. The lowest BCUT2D eigenvalue weighted by Gasteiger charge is -2.30. The van der Waals surface area contributed by atoms with Gasteiger partial charge >= 0.3 is 38.1 Å². The Hall–Kier alpha value is -8.34. The summed E-state index contributed by atoms with van der Waals surface area (Å²) in [5.41, 5.74) is 16.0. The van der Waals surface area contributed by atoms with Crippen molar-refractivity contribution in [2.45, 2.75) is 169 Å². The predicted molar refractivity (Wildman–Crippen MR) is 436 cm³/mol. The Morgan fingerprint density at radius 3 is 0.950 bits per heavy atom. The zero-order valence-electron chi connectivity index (χ0n) is 66.1. The molecule has 6 aromatic heterocycles. The first-order valence-electron chi connectivity index (χ1n) is 37.6. The smallest absolute Gasteiger partial charge is 0.327 e. The minimum atomic E-state index is -3.58. The van der Waals surface area contributed by atoms with Crippen LogP contribution in [0.15, 0.2) is 110 Å². The first-order valence-corrected chi connectivity index (χ1v) is 47.3. The van der Waals surface area contributed by atoms with E-state index < -0.39 is 147 Å². The molecule has 9 aromatic rings. The number of anilines is 3. The number of esters is 3. The fourth-order valence-corrected chi connectivity index (χ4v) is 25.4. The molecule has 7 unspecified atom stereocenters. The van der Waals surface area contributed by atoms with Crippen molar-refractivity contribution in [2.24, 2.45) is 0 Å². The molecule has 21 atom stereocenters. The predicted octanol–water partition coefficient (Wildman–Crippen LogP) is 5.85. The number of carbonyl (C=O) groups is 3. The van der Waals surface area contributed by atoms with Crippen molar-refractivity contribution in [3.05, 3.63) is 127 Å². The second-order valence-corrected chi connectivity index (χ2v) is 42.3. The van der Waals surface area contributed by atoms with Gasteiger partial charge in [-0.05, 0) is 77.5 Å². The number of rotatable bonds is 24. The van der Waals surface area contributed by atoms with Crippen LogP contribution in [0.5, 0.6) is 17.6 Å². The Morgan fingerprint density at radius 2 is 0.708 bits per heavy atom. The average Bonchev–Trinajstić information content (AvgIpc) is 1.60. The summed E-state index contributed by atoms with van der Waals surface area (Å²) in [6, 6.07) is 25.4. The van der Waals surface area contributed by atoms with E-state index >= 15 is 0 Å². The van der Waals surface area contributed by atoms with Gasteiger partial charge in [0.1, 0.15) is 89.9 Å². The number of hydrogen-bond acceptors (Lipinski definition) is 39. The van der Waals surface area contributed by atoms with Gasteiger partial charge in [0.15, 0.2) is 52.2 Å². The molecule has 15 rings (SSSR count). The monoisotopic (exact) mass is 1780 g/mol. The second kappa shape index (κ2) is 37.0.